The molecule has 1 unspecified atom stereocenters. The predicted molar refractivity (Wildman–Crippen MR) is 79.7 cm³/mol. The zero-order valence-corrected chi connectivity index (χ0v) is 11.8. The molecule has 1 amide bonds. The first kappa shape index (κ1) is 13.4. The summed E-state index contributed by atoms with van der Waals surface area (Å²) < 4.78 is 5.63. The highest BCUT2D eigenvalue weighted by Gasteiger charge is 2.24. The Labute approximate surface area is 119 Å². The van der Waals surface area contributed by atoms with E-state index in [1.807, 2.05) is 23.1 Å². The number of rotatable bonds is 4. The monoisotopic (exact) mass is 274 g/mol. The Balaban J connectivity index is 1.64. The Morgan fingerprint density at radius 2 is 2.25 bits per heavy atom. The largest absolute Gasteiger partial charge is 0.399 e. The highest BCUT2D eigenvalue weighted by Crippen LogP contribution is 2.30. The van der Waals surface area contributed by atoms with E-state index in [0.717, 1.165) is 43.8 Å². The summed E-state index contributed by atoms with van der Waals surface area (Å²) in [6.45, 7) is 1.69. The maximum atomic E-state index is 12.1. The molecule has 0 aliphatic carbocycles. The molecule has 3 rings (SSSR count). The minimum atomic E-state index is 0.231. The van der Waals surface area contributed by atoms with Crippen LogP contribution >= 0.6 is 0 Å². The number of fused-ring (bicyclic) bond motifs is 1. The van der Waals surface area contributed by atoms with E-state index >= 15 is 0 Å². The van der Waals surface area contributed by atoms with Crippen molar-refractivity contribution in [1.29, 1.82) is 0 Å². The van der Waals surface area contributed by atoms with Crippen LogP contribution in [0.5, 0.6) is 0 Å². The lowest BCUT2D eigenvalue weighted by Crippen LogP contribution is -2.36. The van der Waals surface area contributed by atoms with Gasteiger partial charge in [0.2, 0.25) is 5.91 Å². The van der Waals surface area contributed by atoms with E-state index in [0.29, 0.717) is 12.5 Å². The predicted octanol–water partition coefficient (Wildman–Crippen LogP) is 2.51. The minimum Gasteiger partial charge on any atom is -0.399 e. The van der Waals surface area contributed by atoms with E-state index in [4.69, 9.17) is 10.5 Å². The number of hydrogen-bond donors (Lipinski definition) is 1. The maximum absolute atomic E-state index is 12.1. The van der Waals surface area contributed by atoms with Gasteiger partial charge in [-0.3, -0.25) is 4.79 Å². The average Bonchev–Trinajstić information content (AvgIpc) is 2.94. The number of amides is 1. The average molecular weight is 274 g/mol. The summed E-state index contributed by atoms with van der Waals surface area (Å²) in [7, 11) is 0. The highest BCUT2D eigenvalue weighted by molar-refractivity contribution is 5.96. The molecular weight excluding hydrogens is 252 g/mol. The second-order valence-electron chi connectivity index (χ2n) is 5.71. The number of hydrogen-bond acceptors (Lipinski definition) is 3. The standard InChI is InChI=1S/C16H22N2O2/c17-13-6-7-15-12(11-13)5-8-16(19)18(15)9-1-3-14-4-2-10-20-14/h6-7,11,14H,1-5,8-10,17H2. The van der Waals surface area contributed by atoms with Crippen LogP contribution in [0.3, 0.4) is 0 Å². The topological polar surface area (TPSA) is 55.6 Å². The molecule has 108 valence electrons. The zero-order chi connectivity index (χ0) is 13.9. The van der Waals surface area contributed by atoms with Crippen LogP contribution in [0, 0.1) is 0 Å². The Morgan fingerprint density at radius 1 is 1.35 bits per heavy atom. The molecule has 2 N–H and O–H groups in total. The first-order valence-electron chi connectivity index (χ1n) is 7.54. The van der Waals surface area contributed by atoms with Crippen molar-refractivity contribution in [1.82, 2.24) is 0 Å². The molecule has 2 aliphatic rings. The molecule has 0 radical (unpaired) electrons. The molecular formula is C16H22N2O2. The molecule has 1 aromatic carbocycles. The van der Waals surface area contributed by atoms with Gasteiger partial charge in [0, 0.05) is 30.9 Å². The van der Waals surface area contributed by atoms with Crippen molar-refractivity contribution in [2.45, 2.75) is 44.6 Å². The Bertz CT molecular complexity index is 495. The Hall–Kier alpha value is -1.55. The van der Waals surface area contributed by atoms with E-state index in [1.165, 1.54) is 18.4 Å². The van der Waals surface area contributed by atoms with Crippen LogP contribution in [-0.2, 0) is 16.0 Å². The van der Waals surface area contributed by atoms with Crippen LogP contribution in [0.4, 0.5) is 11.4 Å². The van der Waals surface area contributed by atoms with E-state index in [1.54, 1.807) is 0 Å². The Morgan fingerprint density at radius 3 is 3.05 bits per heavy atom. The maximum Gasteiger partial charge on any atom is 0.227 e. The van der Waals surface area contributed by atoms with E-state index < -0.39 is 0 Å². The number of nitrogen functional groups attached to an aromatic ring is 1. The third-order valence-corrected chi connectivity index (χ3v) is 4.24. The van der Waals surface area contributed by atoms with Gasteiger partial charge in [-0.2, -0.15) is 0 Å². The van der Waals surface area contributed by atoms with E-state index in [9.17, 15) is 4.79 Å². The van der Waals surface area contributed by atoms with Gasteiger partial charge < -0.3 is 15.4 Å². The van der Waals surface area contributed by atoms with Gasteiger partial charge in [-0.15, -0.1) is 0 Å². The van der Waals surface area contributed by atoms with Crippen LogP contribution in [0.1, 0.15) is 37.7 Å². The molecule has 20 heavy (non-hydrogen) atoms. The lowest BCUT2D eigenvalue weighted by Gasteiger charge is -2.30. The van der Waals surface area contributed by atoms with Gasteiger partial charge in [-0.25, -0.2) is 0 Å². The van der Waals surface area contributed by atoms with Gasteiger partial charge in [0.05, 0.1) is 6.10 Å². The third-order valence-electron chi connectivity index (χ3n) is 4.24. The molecule has 4 heteroatoms. The third kappa shape index (κ3) is 2.80. The molecule has 0 saturated carbocycles. The van der Waals surface area contributed by atoms with Crippen molar-refractivity contribution >= 4 is 17.3 Å². The molecule has 0 bridgehead atoms. The SMILES string of the molecule is Nc1ccc2c(c1)CCC(=O)N2CCCC1CCCO1. The number of aryl methyl sites for hydroxylation is 1. The van der Waals surface area contributed by atoms with Crippen molar-refractivity contribution in [3.63, 3.8) is 0 Å². The molecule has 1 fully saturated rings. The second kappa shape index (κ2) is 5.83. The summed E-state index contributed by atoms with van der Waals surface area (Å²) in [6.07, 6.45) is 6.20. The fraction of sp³-hybridized carbons (Fsp3) is 0.562. The van der Waals surface area contributed by atoms with Gasteiger partial charge in [-0.05, 0) is 55.9 Å². The van der Waals surface area contributed by atoms with Crippen LogP contribution in [0.2, 0.25) is 0 Å². The number of anilines is 2. The molecule has 0 spiro atoms. The van der Waals surface area contributed by atoms with Crippen molar-refractivity contribution in [3.05, 3.63) is 23.8 Å². The summed E-state index contributed by atoms with van der Waals surface area (Å²) >= 11 is 0. The quantitative estimate of drug-likeness (QED) is 0.858. The summed E-state index contributed by atoms with van der Waals surface area (Å²) in [6, 6.07) is 5.85. The Kier molecular flexibility index (Phi) is 3.92. The summed E-state index contributed by atoms with van der Waals surface area (Å²) in [4.78, 5) is 14.1. The van der Waals surface area contributed by atoms with Crippen LogP contribution < -0.4 is 10.6 Å². The number of carbonyl (C=O) groups excluding carboxylic acids is 1. The summed E-state index contributed by atoms with van der Waals surface area (Å²) in [5.41, 5.74) is 8.84. The lowest BCUT2D eigenvalue weighted by molar-refractivity contribution is -0.118. The minimum absolute atomic E-state index is 0.231. The number of ether oxygens (including phenoxy) is 1. The van der Waals surface area contributed by atoms with Crippen molar-refractivity contribution in [2.75, 3.05) is 23.8 Å². The van der Waals surface area contributed by atoms with Gasteiger partial charge >= 0.3 is 0 Å². The van der Waals surface area contributed by atoms with Crippen molar-refractivity contribution in [2.24, 2.45) is 0 Å². The van der Waals surface area contributed by atoms with Gasteiger partial charge in [0.25, 0.3) is 0 Å². The highest BCUT2D eigenvalue weighted by atomic mass is 16.5. The number of nitrogens with zero attached hydrogens (tertiary/aromatic N) is 1. The smallest absolute Gasteiger partial charge is 0.227 e. The van der Waals surface area contributed by atoms with Crippen LogP contribution in [0.15, 0.2) is 18.2 Å². The lowest BCUT2D eigenvalue weighted by atomic mass is 10.00. The molecule has 1 saturated heterocycles. The zero-order valence-electron chi connectivity index (χ0n) is 11.8. The fourth-order valence-corrected chi connectivity index (χ4v) is 3.17. The normalized spacial score (nSPS) is 22.1. The summed E-state index contributed by atoms with van der Waals surface area (Å²) in [5, 5.41) is 0. The van der Waals surface area contributed by atoms with Crippen molar-refractivity contribution < 1.29 is 9.53 Å². The first-order valence-corrected chi connectivity index (χ1v) is 7.54. The number of nitrogens with two attached hydrogens (primary N) is 1. The van der Waals surface area contributed by atoms with Crippen molar-refractivity contribution in [3.8, 4) is 0 Å². The summed E-state index contributed by atoms with van der Waals surface area (Å²) in [5.74, 6) is 0.231. The van der Waals surface area contributed by atoms with Gasteiger partial charge in [0.1, 0.15) is 0 Å². The number of benzene rings is 1. The van der Waals surface area contributed by atoms with E-state index in [2.05, 4.69) is 0 Å². The molecule has 2 heterocycles. The van der Waals surface area contributed by atoms with Gasteiger partial charge in [-0.1, -0.05) is 0 Å². The number of carbonyl (C=O) groups is 1. The van der Waals surface area contributed by atoms with Crippen LogP contribution in [0.25, 0.3) is 0 Å². The molecule has 1 atom stereocenters. The fourth-order valence-electron chi connectivity index (χ4n) is 3.17. The molecule has 0 aromatic heterocycles. The molecule has 1 aromatic rings. The molecule has 2 aliphatic heterocycles. The van der Waals surface area contributed by atoms with Crippen LogP contribution in [-0.4, -0.2) is 25.2 Å². The van der Waals surface area contributed by atoms with Gasteiger partial charge in [0.15, 0.2) is 0 Å². The molecule has 4 nitrogen and oxygen atoms in total. The van der Waals surface area contributed by atoms with E-state index in [-0.39, 0.29) is 5.91 Å². The first-order chi connectivity index (χ1) is 9.74. The second-order valence-corrected chi connectivity index (χ2v) is 5.71.